The highest BCUT2D eigenvalue weighted by atomic mass is 16.5. The van der Waals surface area contributed by atoms with Crippen LogP contribution in [-0.2, 0) is 11.3 Å². The average Bonchev–Trinajstić information content (AvgIpc) is 3.11. The van der Waals surface area contributed by atoms with Crippen LogP contribution in [0.25, 0.3) is 0 Å². The minimum absolute atomic E-state index is 0.0315. The quantitative estimate of drug-likeness (QED) is 0.342. The van der Waals surface area contributed by atoms with Crippen LogP contribution in [0.2, 0.25) is 0 Å². The predicted molar refractivity (Wildman–Crippen MR) is 112 cm³/mol. The molecular formula is C20H33N5O3. The zero-order valence-corrected chi connectivity index (χ0v) is 17.0. The van der Waals surface area contributed by atoms with E-state index in [1.54, 1.807) is 7.05 Å². The first-order chi connectivity index (χ1) is 13.5. The van der Waals surface area contributed by atoms with Gasteiger partial charge in [-0.25, -0.2) is 4.79 Å². The molecule has 1 heterocycles. The number of aliphatic imine (C=N–C) groups is 1. The number of carbonyl (C=O) groups is 1. The van der Waals surface area contributed by atoms with Gasteiger partial charge >= 0.3 is 6.03 Å². The van der Waals surface area contributed by atoms with Crippen LogP contribution in [0.15, 0.2) is 29.3 Å². The molecule has 156 valence electrons. The molecule has 1 aliphatic rings. The largest absolute Gasteiger partial charge is 0.396 e. The van der Waals surface area contributed by atoms with Crippen molar-refractivity contribution in [3.8, 4) is 0 Å². The Balaban J connectivity index is 1.80. The van der Waals surface area contributed by atoms with Gasteiger partial charge in [0, 0.05) is 50.5 Å². The molecule has 0 aromatic heterocycles. The van der Waals surface area contributed by atoms with Crippen LogP contribution in [0.3, 0.4) is 0 Å². The van der Waals surface area contributed by atoms with E-state index in [9.17, 15) is 9.90 Å². The zero-order valence-electron chi connectivity index (χ0n) is 17.0. The SMILES string of the molecule is CN=C(NCc1ccc(NC(=O)NC(C)C)cc1)NCC1(CCO)CCOC1. The topological polar surface area (TPSA) is 107 Å². The van der Waals surface area contributed by atoms with Crippen LogP contribution in [0.5, 0.6) is 0 Å². The third kappa shape index (κ3) is 7.01. The van der Waals surface area contributed by atoms with E-state index in [1.807, 2.05) is 38.1 Å². The number of nitrogens with zero attached hydrogens (tertiary/aromatic N) is 1. The molecule has 8 heteroatoms. The fraction of sp³-hybridized carbons (Fsp3) is 0.600. The Morgan fingerprint density at radius 3 is 2.61 bits per heavy atom. The monoisotopic (exact) mass is 391 g/mol. The van der Waals surface area contributed by atoms with Crippen molar-refractivity contribution in [2.75, 3.05) is 38.7 Å². The first-order valence-electron chi connectivity index (χ1n) is 9.76. The number of rotatable bonds is 8. The van der Waals surface area contributed by atoms with Gasteiger partial charge < -0.3 is 31.1 Å². The van der Waals surface area contributed by atoms with Gasteiger partial charge in [-0.05, 0) is 44.4 Å². The lowest BCUT2D eigenvalue weighted by atomic mass is 9.84. The van der Waals surface area contributed by atoms with Crippen molar-refractivity contribution in [1.82, 2.24) is 16.0 Å². The van der Waals surface area contributed by atoms with Crippen molar-refractivity contribution in [2.45, 2.75) is 39.3 Å². The normalized spacial score (nSPS) is 19.5. The molecule has 1 atom stereocenters. The number of carbonyl (C=O) groups excluding carboxylic acids is 1. The second kappa shape index (κ2) is 10.9. The third-order valence-electron chi connectivity index (χ3n) is 4.77. The molecule has 2 rings (SSSR count). The standard InChI is InChI=1S/C20H33N5O3/c1-15(2)24-19(27)25-17-6-4-16(5-7-17)12-22-18(21-3)23-13-20(8-10-26)9-11-28-14-20/h4-7,15,26H,8-14H2,1-3H3,(H2,21,22,23)(H2,24,25,27). The summed E-state index contributed by atoms with van der Waals surface area (Å²) in [4.78, 5) is 16.0. The van der Waals surface area contributed by atoms with Gasteiger partial charge in [0.25, 0.3) is 0 Å². The Labute approximate surface area is 167 Å². The summed E-state index contributed by atoms with van der Waals surface area (Å²) in [6.07, 6.45) is 1.66. The maximum absolute atomic E-state index is 11.7. The number of anilines is 1. The minimum atomic E-state index is -0.210. The number of ether oxygens (including phenoxy) is 1. The van der Waals surface area contributed by atoms with E-state index >= 15 is 0 Å². The molecule has 28 heavy (non-hydrogen) atoms. The number of hydrogen-bond donors (Lipinski definition) is 5. The summed E-state index contributed by atoms with van der Waals surface area (Å²) in [6.45, 7) is 6.72. The Kier molecular flexibility index (Phi) is 8.53. The molecule has 0 spiro atoms. The van der Waals surface area contributed by atoms with E-state index in [0.717, 1.165) is 30.7 Å². The molecule has 1 aliphatic heterocycles. The van der Waals surface area contributed by atoms with E-state index in [-0.39, 0.29) is 24.1 Å². The van der Waals surface area contributed by atoms with Gasteiger partial charge in [0.15, 0.2) is 5.96 Å². The van der Waals surface area contributed by atoms with Crippen molar-refractivity contribution in [1.29, 1.82) is 0 Å². The maximum Gasteiger partial charge on any atom is 0.319 e. The van der Waals surface area contributed by atoms with Gasteiger partial charge in [0.1, 0.15) is 0 Å². The number of amides is 2. The van der Waals surface area contributed by atoms with E-state index in [4.69, 9.17) is 4.74 Å². The number of aliphatic hydroxyl groups is 1. The second-order valence-electron chi connectivity index (χ2n) is 7.51. The molecule has 5 N–H and O–H groups in total. The van der Waals surface area contributed by atoms with Crippen LogP contribution in [-0.4, -0.2) is 56.6 Å². The second-order valence-corrected chi connectivity index (χ2v) is 7.51. The van der Waals surface area contributed by atoms with Crippen LogP contribution >= 0.6 is 0 Å². The third-order valence-corrected chi connectivity index (χ3v) is 4.77. The molecule has 1 aromatic rings. The Morgan fingerprint density at radius 1 is 1.29 bits per heavy atom. The van der Waals surface area contributed by atoms with Crippen LogP contribution in [0.4, 0.5) is 10.5 Å². The Bertz CT molecular complexity index is 640. The summed E-state index contributed by atoms with van der Waals surface area (Å²) >= 11 is 0. The van der Waals surface area contributed by atoms with Crippen LogP contribution < -0.4 is 21.3 Å². The number of aliphatic hydroxyl groups excluding tert-OH is 1. The highest BCUT2D eigenvalue weighted by Crippen LogP contribution is 2.31. The Morgan fingerprint density at radius 2 is 2.04 bits per heavy atom. The van der Waals surface area contributed by atoms with E-state index in [1.165, 1.54) is 0 Å². The molecule has 0 saturated carbocycles. The molecule has 0 aliphatic carbocycles. The minimum Gasteiger partial charge on any atom is -0.396 e. The molecule has 1 aromatic carbocycles. The summed E-state index contributed by atoms with van der Waals surface area (Å²) in [6, 6.07) is 7.55. The summed E-state index contributed by atoms with van der Waals surface area (Å²) in [7, 11) is 1.74. The van der Waals surface area contributed by atoms with Crippen molar-refractivity contribution >= 4 is 17.7 Å². The molecule has 0 bridgehead atoms. The first kappa shape index (κ1) is 22.0. The van der Waals surface area contributed by atoms with Crippen LogP contribution in [0.1, 0.15) is 32.3 Å². The number of urea groups is 1. The number of nitrogens with one attached hydrogen (secondary N) is 4. The Hall–Kier alpha value is -2.32. The number of benzene rings is 1. The summed E-state index contributed by atoms with van der Waals surface area (Å²) in [5.74, 6) is 0.711. The van der Waals surface area contributed by atoms with E-state index < -0.39 is 0 Å². The van der Waals surface area contributed by atoms with Gasteiger partial charge in [0.05, 0.1) is 6.61 Å². The van der Waals surface area contributed by atoms with E-state index in [0.29, 0.717) is 25.7 Å². The molecule has 0 radical (unpaired) electrons. The van der Waals surface area contributed by atoms with Crippen molar-refractivity contribution in [3.63, 3.8) is 0 Å². The molecular weight excluding hydrogens is 358 g/mol. The predicted octanol–water partition coefficient (Wildman–Crippen LogP) is 1.67. The highest BCUT2D eigenvalue weighted by molar-refractivity contribution is 5.89. The van der Waals surface area contributed by atoms with Gasteiger partial charge in [-0.15, -0.1) is 0 Å². The van der Waals surface area contributed by atoms with Crippen molar-refractivity contribution in [2.24, 2.45) is 10.4 Å². The fourth-order valence-corrected chi connectivity index (χ4v) is 3.12. The van der Waals surface area contributed by atoms with Gasteiger partial charge in [-0.1, -0.05) is 12.1 Å². The lowest BCUT2D eigenvalue weighted by Crippen LogP contribution is -2.44. The molecule has 2 amide bonds. The summed E-state index contributed by atoms with van der Waals surface area (Å²) < 4.78 is 5.52. The van der Waals surface area contributed by atoms with Crippen LogP contribution in [0, 0.1) is 5.41 Å². The molecule has 1 fully saturated rings. The first-order valence-corrected chi connectivity index (χ1v) is 9.76. The highest BCUT2D eigenvalue weighted by Gasteiger charge is 2.34. The maximum atomic E-state index is 11.7. The van der Waals surface area contributed by atoms with Gasteiger partial charge in [-0.2, -0.15) is 0 Å². The number of hydrogen-bond acceptors (Lipinski definition) is 4. The van der Waals surface area contributed by atoms with Crippen molar-refractivity contribution < 1.29 is 14.6 Å². The molecule has 8 nitrogen and oxygen atoms in total. The lowest BCUT2D eigenvalue weighted by Gasteiger charge is -2.27. The lowest BCUT2D eigenvalue weighted by molar-refractivity contribution is 0.127. The van der Waals surface area contributed by atoms with Gasteiger partial charge in [-0.3, -0.25) is 4.99 Å². The molecule has 1 saturated heterocycles. The summed E-state index contributed by atoms with van der Waals surface area (Å²) in [5, 5.41) is 21.6. The number of guanidine groups is 1. The average molecular weight is 392 g/mol. The van der Waals surface area contributed by atoms with Gasteiger partial charge in [0.2, 0.25) is 0 Å². The molecule has 1 unspecified atom stereocenters. The van der Waals surface area contributed by atoms with Crippen molar-refractivity contribution in [3.05, 3.63) is 29.8 Å². The summed E-state index contributed by atoms with van der Waals surface area (Å²) in [5.41, 5.74) is 1.79. The zero-order chi connectivity index (χ0) is 20.4. The smallest absolute Gasteiger partial charge is 0.319 e. The fourth-order valence-electron chi connectivity index (χ4n) is 3.12. The van der Waals surface area contributed by atoms with E-state index in [2.05, 4.69) is 26.3 Å².